The van der Waals surface area contributed by atoms with Crippen LogP contribution in [0.1, 0.15) is 21.8 Å². The van der Waals surface area contributed by atoms with Gasteiger partial charge in [-0.3, -0.25) is 4.79 Å². The van der Waals surface area contributed by atoms with Gasteiger partial charge in [0.25, 0.3) is 0 Å². The summed E-state index contributed by atoms with van der Waals surface area (Å²) in [5, 5.41) is 0.898. The molecular weight excluding hydrogens is 256 g/mol. The zero-order valence-electron chi connectivity index (χ0n) is 11.1. The molecule has 0 aliphatic heterocycles. The topological polar surface area (TPSA) is 65.2 Å². The highest BCUT2D eigenvalue weighted by atomic mass is 16.5. The molecule has 0 atom stereocenters. The largest absolute Gasteiger partial charge is 0.481 e. The SMILES string of the molecule is COc1cc(C(=O)c2cc3cc(C)ccc3o2)ncn1. The zero-order valence-corrected chi connectivity index (χ0v) is 11.1. The van der Waals surface area contributed by atoms with E-state index in [1.807, 2.05) is 25.1 Å². The van der Waals surface area contributed by atoms with Crippen LogP contribution >= 0.6 is 0 Å². The number of rotatable bonds is 3. The Morgan fingerprint density at radius 1 is 1.20 bits per heavy atom. The number of benzene rings is 1. The Balaban J connectivity index is 2.03. The molecule has 0 saturated carbocycles. The minimum atomic E-state index is -0.292. The monoisotopic (exact) mass is 268 g/mol. The van der Waals surface area contributed by atoms with Gasteiger partial charge in [-0.05, 0) is 25.1 Å². The summed E-state index contributed by atoms with van der Waals surface area (Å²) < 4.78 is 10.5. The van der Waals surface area contributed by atoms with Crippen molar-refractivity contribution in [2.24, 2.45) is 0 Å². The minimum Gasteiger partial charge on any atom is -0.481 e. The summed E-state index contributed by atoms with van der Waals surface area (Å²) in [5.41, 5.74) is 2.04. The van der Waals surface area contributed by atoms with Crippen molar-refractivity contribution in [3.63, 3.8) is 0 Å². The molecule has 0 spiro atoms. The summed E-state index contributed by atoms with van der Waals surface area (Å²) >= 11 is 0. The van der Waals surface area contributed by atoms with Crippen molar-refractivity contribution in [3.8, 4) is 5.88 Å². The van der Waals surface area contributed by atoms with Crippen LogP contribution in [-0.4, -0.2) is 22.9 Å². The predicted octanol–water partition coefficient (Wildman–Crippen LogP) is 2.77. The number of hydrogen-bond acceptors (Lipinski definition) is 5. The van der Waals surface area contributed by atoms with Gasteiger partial charge >= 0.3 is 0 Å². The second kappa shape index (κ2) is 4.77. The molecule has 2 heterocycles. The molecule has 0 unspecified atom stereocenters. The van der Waals surface area contributed by atoms with Crippen LogP contribution in [0, 0.1) is 6.92 Å². The third kappa shape index (κ3) is 2.14. The van der Waals surface area contributed by atoms with Gasteiger partial charge in [0, 0.05) is 11.5 Å². The van der Waals surface area contributed by atoms with Crippen LogP contribution in [0.4, 0.5) is 0 Å². The Morgan fingerprint density at radius 2 is 2.05 bits per heavy atom. The molecular formula is C15H12N2O3. The quantitative estimate of drug-likeness (QED) is 0.683. The molecule has 0 radical (unpaired) electrons. The Kier molecular flexibility index (Phi) is 2.95. The predicted molar refractivity (Wildman–Crippen MR) is 73.0 cm³/mol. The molecule has 5 heteroatoms. The van der Waals surface area contributed by atoms with E-state index in [4.69, 9.17) is 9.15 Å². The van der Waals surface area contributed by atoms with Crippen LogP contribution in [-0.2, 0) is 0 Å². The molecule has 100 valence electrons. The molecule has 20 heavy (non-hydrogen) atoms. The zero-order chi connectivity index (χ0) is 14.1. The molecule has 0 N–H and O–H groups in total. The van der Waals surface area contributed by atoms with E-state index >= 15 is 0 Å². The normalized spacial score (nSPS) is 10.7. The van der Waals surface area contributed by atoms with Crippen molar-refractivity contribution in [1.29, 1.82) is 0 Å². The van der Waals surface area contributed by atoms with Crippen LogP contribution in [0.5, 0.6) is 5.88 Å². The van der Waals surface area contributed by atoms with Gasteiger partial charge in [0.05, 0.1) is 7.11 Å². The van der Waals surface area contributed by atoms with Crippen LogP contribution < -0.4 is 4.74 Å². The summed E-state index contributed by atoms with van der Waals surface area (Å²) in [4.78, 5) is 20.2. The molecule has 3 aromatic rings. The van der Waals surface area contributed by atoms with Gasteiger partial charge in [-0.1, -0.05) is 11.6 Å². The number of nitrogens with zero attached hydrogens (tertiary/aromatic N) is 2. The average Bonchev–Trinajstić information content (AvgIpc) is 2.89. The van der Waals surface area contributed by atoms with Gasteiger partial charge in [-0.25, -0.2) is 9.97 Å². The van der Waals surface area contributed by atoms with Crippen LogP contribution in [0.2, 0.25) is 0 Å². The molecule has 0 saturated heterocycles. The number of carbonyl (C=O) groups is 1. The molecule has 1 aromatic carbocycles. The Morgan fingerprint density at radius 3 is 2.85 bits per heavy atom. The first kappa shape index (κ1) is 12.3. The first-order chi connectivity index (χ1) is 9.67. The number of aromatic nitrogens is 2. The van der Waals surface area contributed by atoms with E-state index in [2.05, 4.69) is 9.97 Å². The summed E-state index contributed by atoms with van der Waals surface area (Å²) in [7, 11) is 1.49. The molecule has 0 bridgehead atoms. The van der Waals surface area contributed by atoms with Crippen molar-refractivity contribution in [2.75, 3.05) is 7.11 Å². The average molecular weight is 268 g/mol. The molecule has 5 nitrogen and oxygen atoms in total. The third-order valence-corrected chi connectivity index (χ3v) is 2.98. The third-order valence-electron chi connectivity index (χ3n) is 2.98. The fourth-order valence-electron chi connectivity index (χ4n) is 1.98. The fourth-order valence-corrected chi connectivity index (χ4v) is 1.98. The van der Waals surface area contributed by atoms with Crippen LogP contribution in [0.25, 0.3) is 11.0 Å². The lowest BCUT2D eigenvalue weighted by Gasteiger charge is -1.99. The molecule has 0 aliphatic rings. The second-order valence-electron chi connectivity index (χ2n) is 4.43. The molecule has 0 amide bonds. The number of carbonyl (C=O) groups excluding carboxylic acids is 1. The standard InChI is InChI=1S/C15H12N2O3/c1-9-3-4-12-10(5-9)6-13(20-12)15(18)11-7-14(19-2)17-8-16-11/h3-8H,1-2H3. The smallest absolute Gasteiger partial charge is 0.246 e. The summed E-state index contributed by atoms with van der Waals surface area (Å²) in [6.45, 7) is 1.99. The number of furan rings is 1. The number of fused-ring (bicyclic) bond motifs is 1. The number of hydrogen-bond donors (Lipinski definition) is 0. The summed E-state index contributed by atoms with van der Waals surface area (Å²) in [5.74, 6) is 0.307. The van der Waals surface area contributed by atoms with Crippen molar-refractivity contribution >= 4 is 16.8 Å². The van der Waals surface area contributed by atoms with Gasteiger partial charge in [-0.15, -0.1) is 0 Å². The van der Waals surface area contributed by atoms with E-state index in [0.717, 1.165) is 10.9 Å². The maximum atomic E-state index is 12.3. The van der Waals surface area contributed by atoms with Crippen molar-refractivity contribution in [3.05, 3.63) is 53.7 Å². The van der Waals surface area contributed by atoms with Gasteiger partial charge in [-0.2, -0.15) is 0 Å². The highest BCUT2D eigenvalue weighted by molar-refractivity contribution is 6.07. The Bertz CT molecular complexity index is 793. The number of ether oxygens (including phenoxy) is 1. The van der Waals surface area contributed by atoms with Crippen molar-refractivity contribution < 1.29 is 13.9 Å². The number of ketones is 1. The maximum absolute atomic E-state index is 12.3. The lowest BCUT2D eigenvalue weighted by Crippen LogP contribution is -2.03. The van der Waals surface area contributed by atoms with Crippen molar-refractivity contribution in [2.45, 2.75) is 6.92 Å². The second-order valence-corrected chi connectivity index (χ2v) is 4.43. The first-order valence-corrected chi connectivity index (χ1v) is 6.08. The van der Waals surface area contributed by atoms with E-state index in [1.54, 1.807) is 6.07 Å². The lowest BCUT2D eigenvalue weighted by molar-refractivity contribution is 0.101. The molecule has 2 aromatic heterocycles. The van der Waals surface area contributed by atoms with E-state index in [0.29, 0.717) is 11.5 Å². The van der Waals surface area contributed by atoms with Crippen molar-refractivity contribution in [1.82, 2.24) is 9.97 Å². The fraction of sp³-hybridized carbons (Fsp3) is 0.133. The Labute approximate surface area is 115 Å². The Hall–Kier alpha value is -2.69. The van der Waals surface area contributed by atoms with Crippen LogP contribution in [0.15, 0.2) is 41.1 Å². The van der Waals surface area contributed by atoms with Gasteiger partial charge in [0.15, 0.2) is 5.76 Å². The molecule has 3 rings (SSSR count). The first-order valence-electron chi connectivity index (χ1n) is 6.08. The highest BCUT2D eigenvalue weighted by Gasteiger charge is 2.17. The van der Waals surface area contributed by atoms with E-state index in [9.17, 15) is 4.79 Å². The summed E-state index contributed by atoms with van der Waals surface area (Å²) in [6.07, 6.45) is 1.29. The van der Waals surface area contributed by atoms with E-state index in [1.165, 1.54) is 19.5 Å². The molecule has 0 aliphatic carbocycles. The maximum Gasteiger partial charge on any atom is 0.246 e. The van der Waals surface area contributed by atoms with Crippen LogP contribution in [0.3, 0.4) is 0 Å². The number of methoxy groups -OCH3 is 1. The minimum absolute atomic E-state index is 0.243. The highest BCUT2D eigenvalue weighted by Crippen LogP contribution is 2.22. The van der Waals surface area contributed by atoms with E-state index < -0.39 is 0 Å². The lowest BCUT2D eigenvalue weighted by atomic mass is 10.1. The van der Waals surface area contributed by atoms with Gasteiger partial charge in [0.1, 0.15) is 17.6 Å². The van der Waals surface area contributed by atoms with Gasteiger partial charge in [0.2, 0.25) is 11.7 Å². The van der Waals surface area contributed by atoms with E-state index in [-0.39, 0.29) is 17.2 Å². The summed E-state index contributed by atoms with van der Waals surface area (Å²) in [6, 6.07) is 8.96. The van der Waals surface area contributed by atoms with Gasteiger partial charge < -0.3 is 9.15 Å². The molecule has 0 fully saturated rings. The number of aryl methyl sites for hydroxylation is 1.